The molecule has 3 rings (SSSR count). The average molecular weight is 255 g/mol. The van der Waals surface area contributed by atoms with Gasteiger partial charge in [0.2, 0.25) is 0 Å². The second kappa shape index (κ2) is 4.86. The van der Waals surface area contributed by atoms with Crippen molar-refractivity contribution >= 4 is 21.4 Å². The number of thiophene rings is 1. The standard InChI is InChI=1S/C14H13N3S/c15-17-13(10-4-7-16-8-5-10)12-3-1-2-11-6-9-18-14(11)12/h1-9,13,17H,15H2. The number of nitrogens with zero attached hydrogens (tertiary/aromatic N) is 1. The molecule has 1 aromatic carbocycles. The molecular formula is C14H13N3S. The average Bonchev–Trinajstić information content (AvgIpc) is 2.90. The summed E-state index contributed by atoms with van der Waals surface area (Å²) in [6.45, 7) is 0. The molecule has 0 fully saturated rings. The van der Waals surface area contributed by atoms with Crippen LogP contribution in [0.3, 0.4) is 0 Å². The number of benzene rings is 1. The lowest BCUT2D eigenvalue weighted by Crippen LogP contribution is -2.28. The lowest BCUT2D eigenvalue weighted by atomic mass is 9.99. The molecule has 0 aliphatic heterocycles. The van der Waals surface area contributed by atoms with Gasteiger partial charge in [-0.2, -0.15) is 0 Å². The zero-order valence-electron chi connectivity index (χ0n) is 9.71. The van der Waals surface area contributed by atoms with Gasteiger partial charge >= 0.3 is 0 Å². The van der Waals surface area contributed by atoms with E-state index in [4.69, 9.17) is 5.84 Å². The fraction of sp³-hybridized carbons (Fsp3) is 0.0714. The van der Waals surface area contributed by atoms with Gasteiger partial charge in [0.15, 0.2) is 0 Å². The van der Waals surface area contributed by atoms with Crippen LogP contribution in [0.1, 0.15) is 17.2 Å². The van der Waals surface area contributed by atoms with E-state index in [1.807, 2.05) is 12.1 Å². The summed E-state index contributed by atoms with van der Waals surface area (Å²) in [4.78, 5) is 4.04. The van der Waals surface area contributed by atoms with Crippen LogP contribution in [0, 0.1) is 0 Å². The highest BCUT2D eigenvalue weighted by molar-refractivity contribution is 7.17. The number of hydrogen-bond acceptors (Lipinski definition) is 4. The number of nitrogens with two attached hydrogens (primary N) is 1. The maximum absolute atomic E-state index is 5.73. The second-order valence-corrected chi connectivity index (χ2v) is 4.98. The van der Waals surface area contributed by atoms with Crippen molar-refractivity contribution < 1.29 is 0 Å². The molecule has 3 N–H and O–H groups in total. The van der Waals surface area contributed by atoms with Gasteiger partial charge in [0.25, 0.3) is 0 Å². The molecule has 3 aromatic rings. The van der Waals surface area contributed by atoms with Gasteiger partial charge in [-0.25, -0.2) is 5.43 Å². The Morgan fingerprint density at radius 3 is 2.72 bits per heavy atom. The van der Waals surface area contributed by atoms with Crippen LogP contribution < -0.4 is 11.3 Å². The van der Waals surface area contributed by atoms with Gasteiger partial charge in [-0.15, -0.1) is 11.3 Å². The van der Waals surface area contributed by atoms with Gasteiger partial charge in [0, 0.05) is 17.1 Å². The number of hydrazine groups is 1. The predicted octanol–water partition coefficient (Wildman–Crippen LogP) is 2.85. The molecule has 0 saturated heterocycles. The predicted molar refractivity (Wildman–Crippen MR) is 75.2 cm³/mol. The van der Waals surface area contributed by atoms with Crippen molar-refractivity contribution in [1.82, 2.24) is 10.4 Å². The highest BCUT2D eigenvalue weighted by Crippen LogP contribution is 2.31. The van der Waals surface area contributed by atoms with Gasteiger partial charge < -0.3 is 0 Å². The minimum Gasteiger partial charge on any atom is -0.271 e. The quantitative estimate of drug-likeness (QED) is 0.559. The van der Waals surface area contributed by atoms with Crippen LogP contribution in [-0.2, 0) is 0 Å². The molecule has 4 heteroatoms. The number of fused-ring (bicyclic) bond motifs is 1. The summed E-state index contributed by atoms with van der Waals surface area (Å²) in [5, 5.41) is 3.36. The van der Waals surface area contributed by atoms with Crippen molar-refractivity contribution in [1.29, 1.82) is 0 Å². The summed E-state index contributed by atoms with van der Waals surface area (Å²) in [6.07, 6.45) is 3.57. The van der Waals surface area contributed by atoms with Crippen LogP contribution in [-0.4, -0.2) is 4.98 Å². The molecule has 90 valence electrons. The van der Waals surface area contributed by atoms with E-state index in [1.165, 1.54) is 15.6 Å². The van der Waals surface area contributed by atoms with Gasteiger partial charge in [-0.05, 0) is 40.1 Å². The fourth-order valence-corrected chi connectivity index (χ4v) is 3.11. The Bertz CT molecular complexity index is 648. The summed E-state index contributed by atoms with van der Waals surface area (Å²) in [5.74, 6) is 5.73. The van der Waals surface area contributed by atoms with E-state index in [0.29, 0.717) is 0 Å². The smallest absolute Gasteiger partial charge is 0.0725 e. The van der Waals surface area contributed by atoms with E-state index in [0.717, 1.165) is 5.56 Å². The zero-order chi connectivity index (χ0) is 12.4. The largest absolute Gasteiger partial charge is 0.271 e. The Balaban J connectivity index is 2.15. The van der Waals surface area contributed by atoms with Crippen LogP contribution in [0.2, 0.25) is 0 Å². The molecule has 0 spiro atoms. The summed E-state index contributed by atoms with van der Waals surface area (Å²) < 4.78 is 1.28. The van der Waals surface area contributed by atoms with Crippen molar-refractivity contribution in [2.24, 2.45) is 5.84 Å². The monoisotopic (exact) mass is 255 g/mol. The van der Waals surface area contributed by atoms with Gasteiger partial charge in [0.1, 0.15) is 0 Å². The van der Waals surface area contributed by atoms with Crippen LogP contribution in [0.15, 0.2) is 54.2 Å². The van der Waals surface area contributed by atoms with E-state index in [2.05, 4.69) is 40.1 Å². The van der Waals surface area contributed by atoms with E-state index >= 15 is 0 Å². The third kappa shape index (κ3) is 1.90. The summed E-state index contributed by atoms with van der Waals surface area (Å²) >= 11 is 1.74. The Morgan fingerprint density at radius 2 is 1.94 bits per heavy atom. The first-order chi connectivity index (χ1) is 8.90. The van der Waals surface area contributed by atoms with Gasteiger partial charge in [-0.3, -0.25) is 10.8 Å². The molecule has 0 radical (unpaired) electrons. The van der Waals surface area contributed by atoms with Crippen LogP contribution in [0.25, 0.3) is 10.1 Å². The third-order valence-electron chi connectivity index (χ3n) is 3.03. The Kier molecular flexibility index (Phi) is 3.06. The maximum Gasteiger partial charge on any atom is 0.0725 e. The number of rotatable bonds is 3. The molecular weight excluding hydrogens is 242 g/mol. The molecule has 1 atom stereocenters. The molecule has 0 saturated carbocycles. The SMILES string of the molecule is NNC(c1ccncc1)c1cccc2ccsc12. The lowest BCUT2D eigenvalue weighted by Gasteiger charge is -2.17. The molecule has 0 amide bonds. The van der Waals surface area contributed by atoms with Crippen LogP contribution >= 0.6 is 11.3 Å². The molecule has 2 aromatic heterocycles. The Hall–Kier alpha value is -1.75. The summed E-state index contributed by atoms with van der Waals surface area (Å²) in [6, 6.07) is 12.4. The molecule has 3 nitrogen and oxygen atoms in total. The highest BCUT2D eigenvalue weighted by atomic mass is 32.1. The molecule has 0 bridgehead atoms. The minimum atomic E-state index is -0.00431. The first kappa shape index (κ1) is 11.3. The first-order valence-electron chi connectivity index (χ1n) is 5.72. The molecule has 0 aliphatic carbocycles. The van der Waals surface area contributed by atoms with E-state index in [-0.39, 0.29) is 6.04 Å². The number of nitrogens with one attached hydrogen (secondary N) is 1. The van der Waals surface area contributed by atoms with E-state index in [9.17, 15) is 0 Å². The highest BCUT2D eigenvalue weighted by Gasteiger charge is 2.15. The fourth-order valence-electron chi connectivity index (χ4n) is 2.16. The maximum atomic E-state index is 5.73. The molecule has 2 heterocycles. The van der Waals surface area contributed by atoms with Crippen molar-refractivity contribution in [3.63, 3.8) is 0 Å². The summed E-state index contributed by atoms with van der Waals surface area (Å²) in [7, 11) is 0. The van der Waals surface area contributed by atoms with Gasteiger partial charge in [0.05, 0.1) is 6.04 Å². The minimum absolute atomic E-state index is 0.00431. The summed E-state index contributed by atoms with van der Waals surface area (Å²) in [5.41, 5.74) is 5.22. The number of hydrogen-bond donors (Lipinski definition) is 2. The number of aromatic nitrogens is 1. The number of pyridine rings is 1. The van der Waals surface area contributed by atoms with Crippen molar-refractivity contribution in [2.45, 2.75) is 6.04 Å². The zero-order valence-corrected chi connectivity index (χ0v) is 10.5. The molecule has 1 unspecified atom stereocenters. The normalized spacial score (nSPS) is 12.7. The Morgan fingerprint density at radius 1 is 1.11 bits per heavy atom. The third-order valence-corrected chi connectivity index (χ3v) is 4.01. The molecule has 0 aliphatic rings. The van der Waals surface area contributed by atoms with Crippen molar-refractivity contribution in [3.05, 3.63) is 65.3 Å². The first-order valence-corrected chi connectivity index (χ1v) is 6.60. The van der Waals surface area contributed by atoms with Crippen LogP contribution in [0.4, 0.5) is 0 Å². The topological polar surface area (TPSA) is 50.9 Å². The van der Waals surface area contributed by atoms with E-state index < -0.39 is 0 Å². The van der Waals surface area contributed by atoms with Gasteiger partial charge in [-0.1, -0.05) is 18.2 Å². The van der Waals surface area contributed by atoms with Crippen LogP contribution in [0.5, 0.6) is 0 Å². The second-order valence-electron chi connectivity index (χ2n) is 4.07. The molecule has 18 heavy (non-hydrogen) atoms. The van der Waals surface area contributed by atoms with Crippen molar-refractivity contribution in [2.75, 3.05) is 0 Å². The van der Waals surface area contributed by atoms with E-state index in [1.54, 1.807) is 23.7 Å². The van der Waals surface area contributed by atoms with Crippen molar-refractivity contribution in [3.8, 4) is 0 Å². The Labute approximate surface area is 109 Å². The lowest BCUT2D eigenvalue weighted by molar-refractivity contribution is 0.641.